The van der Waals surface area contributed by atoms with Crippen molar-refractivity contribution < 1.29 is 14.6 Å². The number of aliphatic hydroxyl groups excluding tert-OH is 1. The largest absolute Gasteiger partial charge is 0.393 e. The van der Waals surface area contributed by atoms with Crippen LogP contribution in [0, 0.1) is 29.6 Å². The summed E-state index contributed by atoms with van der Waals surface area (Å²) >= 11 is 0. The summed E-state index contributed by atoms with van der Waals surface area (Å²) in [5.41, 5.74) is 1.56. The van der Waals surface area contributed by atoms with Gasteiger partial charge in [0.1, 0.15) is 0 Å². The van der Waals surface area contributed by atoms with Crippen molar-refractivity contribution in [3.8, 4) is 0 Å². The van der Waals surface area contributed by atoms with Crippen LogP contribution >= 0.6 is 0 Å². The average molecular weight is 381 g/mol. The standard InChI is InChI=1S/C24H44O3/c1-6-26-24(27-7-2)11-9-8-10-23(25)19(5)21-15-13-18(4)20-14-12-17(3)16-22(20)21/h16,18-25H,6-15H2,1-5H3/t18-,19-,20+,21+,22+,23+/m1/s1. The minimum absolute atomic E-state index is 0.0782. The van der Waals surface area contributed by atoms with E-state index in [1.807, 2.05) is 13.8 Å². The second-order valence-corrected chi connectivity index (χ2v) is 9.06. The summed E-state index contributed by atoms with van der Waals surface area (Å²) in [6.45, 7) is 12.4. The SMILES string of the molecule is CCOC(CCCC[C@H](O)[C@H](C)[C@@H]1CC[C@@H](C)[C@@H]2CCC(C)=C[C@@H]21)OCC. The van der Waals surface area contributed by atoms with E-state index in [1.165, 1.54) is 25.7 Å². The van der Waals surface area contributed by atoms with Gasteiger partial charge >= 0.3 is 0 Å². The average Bonchev–Trinajstić information content (AvgIpc) is 2.65. The molecule has 0 aromatic rings. The van der Waals surface area contributed by atoms with E-state index in [9.17, 15) is 5.11 Å². The van der Waals surface area contributed by atoms with Gasteiger partial charge in [0.05, 0.1) is 6.10 Å². The molecule has 0 aromatic heterocycles. The lowest BCUT2D eigenvalue weighted by Crippen LogP contribution is -2.40. The highest BCUT2D eigenvalue weighted by Crippen LogP contribution is 2.48. The van der Waals surface area contributed by atoms with Gasteiger partial charge in [-0.2, -0.15) is 0 Å². The molecular weight excluding hydrogens is 336 g/mol. The first kappa shape index (κ1) is 22.9. The highest BCUT2D eigenvalue weighted by Gasteiger charge is 2.41. The summed E-state index contributed by atoms with van der Waals surface area (Å²) in [5, 5.41) is 10.9. The summed E-state index contributed by atoms with van der Waals surface area (Å²) < 4.78 is 11.2. The Kier molecular flexibility index (Phi) is 9.82. The van der Waals surface area contributed by atoms with E-state index in [2.05, 4.69) is 26.8 Å². The Labute approximate surface area is 167 Å². The third kappa shape index (κ3) is 6.58. The Balaban J connectivity index is 1.81. The van der Waals surface area contributed by atoms with Crippen LogP contribution in [0.5, 0.6) is 0 Å². The number of ether oxygens (including phenoxy) is 2. The zero-order valence-electron chi connectivity index (χ0n) is 18.5. The molecule has 0 bridgehead atoms. The molecule has 0 unspecified atom stereocenters. The third-order valence-electron chi connectivity index (χ3n) is 7.20. The fourth-order valence-corrected chi connectivity index (χ4v) is 5.50. The van der Waals surface area contributed by atoms with Crippen molar-refractivity contribution in [1.82, 2.24) is 0 Å². The van der Waals surface area contributed by atoms with Crippen LogP contribution in [0.2, 0.25) is 0 Å². The first-order chi connectivity index (χ1) is 13.0. The lowest BCUT2D eigenvalue weighted by atomic mass is 9.59. The minimum Gasteiger partial charge on any atom is -0.393 e. The fraction of sp³-hybridized carbons (Fsp3) is 0.917. The van der Waals surface area contributed by atoms with E-state index >= 15 is 0 Å². The summed E-state index contributed by atoms with van der Waals surface area (Å²) in [6.07, 6.45) is 11.5. The van der Waals surface area contributed by atoms with Gasteiger partial charge in [0.2, 0.25) is 0 Å². The number of fused-ring (bicyclic) bond motifs is 1. The number of unbranched alkanes of at least 4 members (excludes halogenated alkanes) is 1. The molecule has 158 valence electrons. The van der Waals surface area contributed by atoms with Crippen molar-refractivity contribution in [2.75, 3.05) is 13.2 Å². The Morgan fingerprint density at radius 3 is 2.41 bits per heavy atom. The van der Waals surface area contributed by atoms with Crippen LogP contribution in [-0.4, -0.2) is 30.7 Å². The van der Waals surface area contributed by atoms with Crippen molar-refractivity contribution in [2.24, 2.45) is 29.6 Å². The number of hydrogen-bond acceptors (Lipinski definition) is 3. The summed E-state index contributed by atoms with van der Waals surface area (Å²) in [4.78, 5) is 0. The summed E-state index contributed by atoms with van der Waals surface area (Å²) in [6, 6.07) is 0. The van der Waals surface area contributed by atoms with Crippen molar-refractivity contribution in [3.05, 3.63) is 11.6 Å². The van der Waals surface area contributed by atoms with Crippen LogP contribution in [0.25, 0.3) is 0 Å². The topological polar surface area (TPSA) is 38.7 Å². The molecule has 2 rings (SSSR count). The Hall–Kier alpha value is -0.380. The van der Waals surface area contributed by atoms with E-state index in [0.29, 0.717) is 31.0 Å². The van der Waals surface area contributed by atoms with Crippen molar-refractivity contribution in [1.29, 1.82) is 0 Å². The fourth-order valence-electron chi connectivity index (χ4n) is 5.50. The molecule has 0 aromatic carbocycles. The van der Waals surface area contributed by atoms with Gasteiger partial charge in [0.15, 0.2) is 6.29 Å². The molecule has 3 nitrogen and oxygen atoms in total. The molecule has 2 aliphatic rings. The van der Waals surface area contributed by atoms with Crippen LogP contribution in [0.1, 0.15) is 86.0 Å². The molecule has 1 N–H and O–H groups in total. The predicted octanol–water partition coefficient (Wildman–Crippen LogP) is 5.96. The number of hydrogen-bond donors (Lipinski definition) is 1. The molecule has 0 heterocycles. The third-order valence-corrected chi connectivity index (χ3v) is 7.20. The monoisotopic (exact) mass is 380 g/mol. The maximum atomic E-state index is 10.9. The molecule has 1 saturated carbocycles. The number of aliphatic hydroxyl groups is 1. The van der Waals surface area contributed by atoms with Crippen LogP contribution in [0.3, 0.4) is 0 Å². The normalized spacial score (nSPS) is 30.7. The molecule has 0 aliphatic heterocycles. The Morgan fingerprint density at radius 2 is 1.74 bits per heavy atom. The second kappa shape index (κ2) is 11.6. The number of rotatable bonds is 11. The highest BCUT2D eigenvalue weighted by atomic mass is 16.7. The van der Waals surface area contributed by atoms with E-state index < -0.39 is 0 Å². The summed E-state index contributed by atoms with van der Waals surface area (Å²) in [5.74, 6) is 3.40. The van der Waals surface area contributed by atoms with E-state index in [4.69, 9.17) is 9.47 Å². The maximum Gasteiger partial charge on any atom is 0.157 e. The van der Waals surface area contributed by atoms with Gasteiger partial charge in [-0.3, -0.25) is 0 Å². The lowest BCUT2D eigenvalue weighted by molar-refractivity contribution is -0.140. The second-order valence-electron chi connectivity index (χ2n) is 9.06. The van der Waals surface area contributed by atoms with Gasteiger partial charge in [0.25, 0.3) is 0 Å². The van der Waals surface area contributed by atoms with Crippen molar-refractivity contribution in [3.63, 3.8) is 0 Å². The van der Waals surface area contributed by atoms with Crippen molar-refractivity contribution in [2.45, 2.75) is 98.4 Å². The molecule has 2 aliphatic carbocycles. The molecule has 0 spiro atoms. The van der Waals surface area contributed by atoms with Gasteiger partial charge in [-0.15, -0.1) is 0 Å². The minimum atomic E-state index is -0.183. The van der Waals surface area contributed by atoms with Gasteiger partial charge < -0.3 is 14.6 Å². The first-order valence-corrected chi connectivity index (χ1v) is 11.6. The molecule has 1 fully saturated rings. The molecular formula is C24H44O3. The zero-order chi connectivity index (χ0) is 19.8. The van der Waals surface area contributed by atoms with Gasteiger partial charge in [-0.1, -0.05) is 38.3 Å². The molecule has 0 amide bonds. The maximum absolute atomic E-state index is 10.9. The first-order valence-electron chi connectivity index (χ1n) is 11.6. The number of allylic oxidation sites excluding steroid dienone is 2. The van der Waals surface area contributed by atoms with Crippen LogP contribution in [0.15, 0.2) is 11.6 Å². The van der Waals surface area contributed by atoms with Crippen LogP contribution in [0.4, 0.5) is 0 Å². The molecule has 0 radical (unpaired) electrons. The van der Waals surface area contributed by atoms with Gasteiger partial charge in [-0.25, -0.2) is 0 Å². The van der Waals surface area contributed by atoms with E-state index in [1.54, 1.807) is 5.57 Å². The highest BCUT2D eigenvalue weighted by molar-refractivity contribution is 5.11. The lowest BCUT2D eigenvalue weighted by Gasteiger charge is -2.46. The van der Waals surface area contributed by atoms with Crippen molar-refractivity contribution >= 4 is 0 Å². The van der Waals surface area contributed by atoms with Crippen LogP contribution in [-0.2, 0) is 9.47 Å². The van der Waals surface area contributed by atoms with Crippen LogP contribution < -0.4 is 0 Å². The molecule has 6 atom stereocenters. The van der Waals surface area contributed by atoms with Gasteiger partial charge in [0, 0.05) is 13.2 Å². The summed E-state index contributed by atoms with van der Waals surface area (Å²) in [7, 11) is 0. The predicted molar refractivity (Wildman–Crippen MR) is 113 cm³/mol. The molecule has 0 saturated heterocycles. The quantitative estimate of drug-likeness (QED) is 0.273. The Bertz CT molecular complexity index is 441. The smallest absolute Gasteiger partial charge is 0.157 e. The van der Waals surface area contributed by atoms with E-state index in [0.717, 1.165) is 37.5 Å². The molecule has 27 heavy (non-hydrogen) atoms. The zero-order valence-corrected chi connectivity index (χ0v) is 18.5. The Morgan fingerprint density at radius 1 is 1.07 bits per heavy atom. The van der Waals surface area contributed by atoms with E-state index in [-0.39, 0.29) is 12.4 Å². The molecule has 3 heteroatoms. The van der Waals surface area contributed by atoms with Gasteiger partial charge in [-0.05, 0) is 88.9 Å².